The Morgan fingerprint density at radius 3 is 2.92 bits per heavy atom. The molecule has 0 spiro atoms. The van der Waals surface area contributed by atoms with E-state index in [0.29, 0.717) is 25.0 Å². The van der Waals surface area contributed by atoms with Crippen LogP contribution >= 0.6 is 0 Å². The Morgan fingerprint density at radius 2 is 2.21 bits per heavy atom. The Bertz CT molecular complexity index is 763. The summed E-state index contributed by atoms with van der Waals surface area (Å²) in [6, 6.07) is 9.16. The second-order valence-electron chi connectivity index (χ2n) is 6.42. The van der Waals surface area contributed by atoms with Crippen molar-refractivity contribution in [3.63, 3.8) is 0 Å². The van der Waals surface area contributed by atoms with Crippen LogP contribution in [0.2, 0.25) is 0 Å². The number of carbonyl (C=O) groups is 1. The van der Waals surface area contributed by atoms with Gasteiger partial charge in [0.25, 0.3) is 0 Å². The number of nitrogens with zero attached hydrogens (tertiary/aromatic N) is 1. The van der Waals surface area contributed by atoms with Gasteiger partial charge >= 0.3 is 0 Å². The molecule has 1 aromatic rings. The standard InChI is InChI=1S/C17H20N2O4S/c18-10-12-4-3-5-13(8-12)15-9-16(15)17(20)19-24(21,22)11-14-6-1-2-7-23-14/h3-5,8,14-16H,1-2,6-7,9,11H2,(H,19,20)/t14-,15-,16-/m0/s1. The molecule has 2 fully saturated rings. The van der Waals surface area contributed by atoms with Crippen LogP contribution in [0.4, 0.5) is 0 Å². The van der Waals surface area contributed by atoms with E-state index in [1.165, 1.54) is 0 Å². The number of rotatable bonds is 5. The third-order valence-corrected chi connectivity index (χ3v) is 5.83. The van der Waals surface area contributed by atoms with E-state index in [1.807, 2.05) is 6.07 Å². The van der Waals surface area contributed by atoms with E-state index >= 15 is 0 Å². The Hall–Kier alpha value is -1.91. The first-order valence-electron chi connectivity index (χ1n) is 8.14. The molecule has 1 aromatic carbocycles. The summed E-state index contributed by atoms with van der Waals surface area (Å²) in [4.78, 5) is 12.2. The van der Waals surface area contributed by atoms with Crippen LogP contribution in [-0.2, 0) is 19.6 Å². The van der Waals surface area contributed by atoms with Crippen molar-refractivity contribution in [1.82, 2.24) is 4.72 Å². The zero-order valence-corrected chi connectivity index (χ0v) is 14.1. The summed E-state index contributed by atoms with van der Waals surface area (Å²) in [5.74, 6) is -0.987. The van der Waals surface area contributed by atoms with E-state index in [4.69, 9.17) is 10.00 Å². The van der Waals surface area contributed by atoms with Crippen LogP contribution in [0, 0.1) is 17.2 Å². The number of nitriles is 1. The number of nitrogens with one attached hydrogen (secondary N) is 1. The summed E-state index contributed by atoms with van der Waals surface area (Å²) in [5.41, 5.74) is 1.45. The average Bonchev–Trinajstić information content (AvgIpc) is 3.36. The van der Waals surface area contributed by atoms with Gasteiger partial charge in [-0.05, 0) is 49.3 Å². The normalized spacial score (nSPS) is 26.4. The lowest BCUT2D eigenvalue weighted by Gasteiger charge is -2.22. The smallest absolute Gasteiger partial charge is 0.237 e. The second-order valence-corrected chi connectivity index (χ2v) is 8.19. The highest BCUT2D eigenvalue weighted by atomic mass is 32.2. The summed E-state index contributed by atoms with van der Waals surface area (Å²) in [6.45, 7) is 0.577. The fraction of sp³-hybridized carbons (Fsp3) is 0.529. The molecule has 1 N–H and O–H groups in total. The Morgan fingerprint density at radius 1 is 1.38 bits per heavy atom. The Kier molecular flexibility index (Phi) is 4.88. The molecule has 3 rings (SSSR count). The third kappa shape index (κ3) is 4.13. The molecular weight excluding hydrogens is 328 g/mol. The lowest BCUT2D eigenvalue weighted by molar-refractivity contribution is -0.120. The SMILES string of the molecule is N#Cc1cccc([C@@H]2C[C@@H]2C(=O)NS(=O)(=O)C[C@@H]2CCCCO2)c1. The van der Waals surface area contributed by atoms with Gasteiger partial charge in [-0.25, -0.2) is 8.42 Å². The first-order chi connectivity index (χ1) is 11.5. The summed E-state index contributed by atoms with van der Waals surface area (Å²) in [6.07, 6.45) is 2.90. The van der Waals surface area contributed by atoms with Crippen molar-refractivity contribution in [1.29, 1.82) is 5.26 Å². The van der Waals surface area contributed by atoms with Gasteiger partial charge in [-0.1, -0.05) is 12.1 Å². The highest BCUT2D eigenvalue weighted by Crippen LogP contribution is 2.47. The van der Waals surface area contributed by atoms with Crippen molar-refractivity contribution >= 4 is 15.9 Å². The molecule has 2 aliphatic rings. The van der Waals surface area contributed by atoms with Gasteiger partial charge in [0, 0.05) is 12.5 Å². The van der Waals surface area contributed by atoms with Crippen LogP contribution in [0.15, 0.2) is 24.3 Å². The molecule has 24 heavy (non-hydrogen) atoms. The van der Waals surface area contributed by atoms with E-state index in [2.05, 4.69) is 10.8 Å². The molecule has 0 unspecified atom stereocenters. The maximum absolute atomic E-state index is 12.2. The maximum Gasteiger partial charge on any atom is 0.237 e. The Labute approximate surface area is 141 Å². The minimum atomic E-state index is -3.68. The van der Waals surface area contributed by atoms with E-state index in [9.17, 15) is 13.2 Å². The maximum atomic E-state index is 12.2. The number of amides is 1. The summed E-state index contributed by atoms with van der Waals surface area (Å²) in [5, 5.41) is 8.93. The fourth-order valence-electron chi connectivity index (χ4n) is 3.15. The number of hydrogen-bond donors (Lipinski definition) is 1. The molecule has 7 heteroatoms. The van der Waals surface area contributed by atoms with E-state index in [0.717, 1.165) is 18.4 Å². The first kappa shape index (κ1) is 16.9. The van der Waals surface area contributed by atoms with Crippen molar-refractivity contribution in [2.75, 3.05) is 12.4 Å². The lowest BCUT2D eigenvalue weighted by Crippen LogP contribution is -2.39. The van der Waals surface area contributed by atoms with Gasteiger partial charge in [0.15, 0.2) is 0 Å². The molecule has 0 radical (unpaired) electrons. The molecule has 1 aliphatic carbocycles. The average molecular weight is 348 g/mol. The first-order valence-corrected chi connectivity index (χ1v) is 9.80. The van der Waals surface area contributed by atoms with Crippen molar-refractivity contribution in [3.8, 4) is 6.07 Å². The van der Waals surface area contributed by atoms with E-state index in [1.54, 1.807) is 18.2 Å². The zero-order valence-electron chi connectivity index (χ0n) is 13.3. The molecule has 1 saturated heterocycles. The van der Waals surface area contributed by atoms with Gasteiger partial charge in [0.05, 0.1) is 23.5 Å². The molecule has 1 saturated carbocycles. The van der Waals surface area contributed by atoms with Gasteiger partial charge < -0.3 is 4.74 Å². The van der Waals surface area contributed by atoms with Gasteiger partial charge in [-0.2, -0.15) is 5.26 Å². The largest absolute Gasteiger partial charge is 0.377 e. The van der Waals surface area contributed by atoms with Crippen molar-refractivity contribution in [2.45, 2.75) is 37.7 Å². The predicted octanol–water partition coefficient (Wildman–Crippen LogP) is 1.68. The summed E-state index contributed by atoms with van der Waals surface area (Å²) < 4.78 is 31.9. The molecular formula is C17H20N2O4S. The van der Waals surface area contributed by atoms with Gasteiger partial charge in [0.2, 0.25) is 15.9 Å². The van der Waals surface area contributed by atoms with Gasteiger partial charge in [0.1, 0.15) is 0 Å². The lowest BCUT2D eigenvalue weighted by atomic mass is 10.1. The van der Waals surface area contributed by atoms with Crippen LogP contribution in [-0.4, -0.2) is 32.8 Å². The molecule has 6 nitrogen and oxygen atoms in total. The number of benzene rings is 1. The monoisotopic (exact) mass is 348 g/mol. The molecule has 1 aliphatic heterocycles. The summed E-state index contributed by atoms with van der Waals surface area (Å²) in [7, 11) is -3.68. The van der Waals surface area contributed by atoms with Crippen molar-refractivity contribution in [3.05, 3.63) is 35.4 Å². The van der Waals surface area contributed by atoms with Crippen LogP contribution < -0.4 is 4.72 Å². The van der Waals surface area contributed by atoms with Crippen LogP contribution in [0.1, 0.15) is 42.7 Å². The molecule has 0 aromatic heterocycles. The quantitative estimate of drug-likeness (QED) is 0.873. The van der Waals surface area contributed by atoms with Crippen LogP contribution in [0.3, 0.4) is 0 Å². The van der Waals surface area contributed by atoms with Crippen LogP contribution in [0.25, 0.3) is 0 Å². The van der Waals surface area contributed by atoms with Crippen molar-refractivity contribution < 1.29 is 17.9 Å². The minimum absolute atomic E-state index is 0.0144. The zero-order chi connectivity index (χ0) is 17.2. The summed E-state index contributed by atoms with van der Waals surface area (Å²) >= 11 is 0. The molecule has 1 amide bonds. The van der Waals surface area contributed by atoms with Gasteiger partial charge in [-0.3, -0.25) is 9.52 Å². The number of carbonyl (C=O) groups excluding carboxylic acids is 1. The van der Waals surface area contributed by atoms with Gasteiger partial charge in [-0.15, -0.1) is 0 Å². The molecule has 128 valence electrons. The molecule has 1 heterocycles. The van der Waals surface area contributed by atoms with Crippen molar-refractivity contribution in [2.24, 2.45) is 5.92 Å². The van der Waals surface area contributed by atoms with E-state index < -0.39 is 15.9 Å². The highest BCUT2D eigenvalue weighted by molar-refractivity contribution is 7.90. The topological polar surface area (TPSA) is 96.3 Å². The molecule has 3 atom stereocenters. The van der Waals surface area contributed by atoms with Crippen LogP contribution in [0.5, 0.6) is 0 Å². The number of hydrogen-bond acceptors (Lipinski definition) is 5. The molecule has 0 bridgehead atoms. The highest BCUT2D eigenvalue weighted by Gasteiger charge is 2.45. The predicted molar refractivity (Wildman–Crippen MR) is 87.5 cm³/mol. The second kappa shape index (κ2) is 6.91. The number of ether oxygens (including phenoxy) is 1. The third-order valence-electron chi connectivity index (χ3n) is 4.51. The van der Waals surface area contributed by atoms with E-state index in [-0.39, 0.29) is 23.7 Å². The minimum Gasteiger partial charge on any atom is -0.377 e. The Balaban J connectivity index is 1.56. The number of sulfonamides is 1. The fourth-order valence-corrected chi connectivity index (χ4v) is 4.44.